The summed E-state index contributed by atoms with van der Waals surface area (Å²) in [7, 11) is 0. The highest BCUT2D eigenvalue weighted by atomic mass is 14.9. The fourth-order valence-corrected chi connectivity index (χ4v) is 2.16. The van der Waals surface area contributed by atoms with Crippen LogP contribution < -0.4 is 0 Å². The van der Waals surface area contributed by atoms with Gasteiger partial charge in [-0.25, -0.2) is 9.97 Å². The lowest BCUT2D eigenvalue weighted by Crippen LogP contribution is -1.95. The second-order valence-electron chi connectivity index (χ2n) is 4.95. The van der Waals surface area contributed by atoms with Gasteiger partial charge in [-0.3, -0.25) is 0 Å². The fourth-order valence-electron chi connectivity index (χ4n) is 2.16. The second kappa shape index (κ2) is 5.25. The summed E-state index contributed by atoms with van der Waals surface area (Å²) in [4.78, 5) is 9.24. The predicted octanol–water partition coefficient (Wildman–Crippen LogP) is 4.43. The molecule has 2 aromatic carbocycles. The van der Waals surface area contributed by atoms with Crippen LogP contribution in [0, 0.1) is 13.8 Å². The molecule has 98 valence electrons. The molecular weight excluding hydrogens is 244 g/mol. The van der Waals surface area contributed by atoms with E-state index in [1.807, 2.05) is 31.2 Å². The van der Waals surface area contributed by atoms with E-state index in [9.17, 15) is 0 Å². The van der Waals surface area contributed by atoms with Gasteiger partial charge < -0.3 is 0 Å². The summed E-state index contributed by atoms with van der Waals surface area (Å²) in [6.45, 7) is 4.09. The summed E-state index contributed by atoms with van der Waals surface area (Å²) in [6.07, 6.45) is 0. The monoisotopic (exact) mass is 260 g/mol. The van der Waals surface area contributed by atoms with Gasteiger partial charge >= 0.3 is 0 Å². The van der Waals surface area contributed by atoms with Gasteiger partial charge in [0.15, 0.2) is 5.82 Å². The van der Waals surface area contributed by atoms with E-state index < -0.39 is 0 Å². The van der Waals surface area contributed by atoms with Crippen LogP contribution >= 0.6 is 0 Å². The Labute approximate surface area is 119 Å². The highest BCUT2D eigenvalue weighted by molar-refractivity contribution is 5.64. The molecule has 0 unspecified atom stereocenters. The Kier molecular flexibility index (Phi) is 3.30. The highest BCUT2D eigenvalue weighted by Crippen LogP contribution is 2.22. The van der Waals surface area contributed by atoms with Gasteiger partial charge in [0.25, 0.3) is 0 Å². The second-order valence-corrected chi connectivity index (χ2v) is 4.95. The Morgan fingerprint density at radius 1 is 0.700 bits per heavy atom. The van der Waals surface area contributed by atoms with Gasteiger partial charge in [0, 0.05) is 16.8 Å². The molecule has 0 aliphatic carbocycles. The zero-order valence-corrected chi connectivity index (χ0v) is 11.7. The van der Waals surface area contributed by atoms with Crippen molar-refractivity contribution in [3.63, 3.8) is 0 Å². The minimum absolute atomic E-state index is 0.781. The molecule has 0 atom stereocenters. The van der Waals surface area contributed by atoms with E-state index in [0.717, 1.165) is 28.3 Å². The molecule has 0 saturated carbocycles. The zero-order valence-electron chi connectivity index (χ0n) is 11.7. The van der Waals surface area contributed by atoms with Gasteiger partial charge in [-0.05, 0) is 19.9 Å². The maximum atomic E-state index is 4.69. The Balaban J connectivity index is 2.09. The topological polar surface area (TPSA) is 25.8 Å². The Morgan fingerprint density at radius 2 is 1.40 bits per heavy atom. The van der Waals surface area contributed by atoms with Crippen molar-refractivity contribution < 1.29 is 0 Å². The van der Waals surface area contributed by atoms with E-state index in [1.165, 1.54) is 5.56 Å². The van der Waals surface area contributed by atoms with Crippen LogP contribution in [0.5, 0.6) is 0 Å². The number of nitrogens with zero attached hydrogens (tertiary/aromatic N) is 2. The van der Waals surface area contributed by atoms with Gasteiger partial charge in [-0.2, -0.15) is 0 Å². The molecule has 0 saturated heterocycles. The van der Waals surface area contributed by atoms with Crippen molar-refractivity contribution in [2.24, 2.45) is 0 Å². The van der Waals surface area contributed by atoms with Gasteiger partial charge in [0.05, 0.1) is 5.69 Å². The van der Waals surface area contributed by atoms with Gasteiger partial charge in [-0.15, -0.1) is 0 Å². The molecule has 0 bridgehead atoms. The van der Waals surface area contributed by atoms with Crippen molar-refractivity contribution >= 4 is 0 Å². The summed E-state index contributed by atoms with van der Waals surface area (Å²) in [5.74, 6) is 0.781. The smallest absolute Gasteiger partial charge is 0.160 e. The average Bonchev–Trinajstić information content (AvgIpc) is 2.48. The molecule has 2 heteroatoms. The molecule has 3 aromatic rings. The van der Waals surface area contributed by atoms with Crippen LogP contribution in [-0.2, 0) is 0 Å². The largest absolute Gasteiger partial charge is 0.233 e. The lowest BCUT2D eigenvalue weighted by Gasteiger charge is -2.06. The zero-order chi connectivity index (χ0) is 13.9. The standard InChI is InChI=1S/C18H16N2/c1-13-8-10-16(11-9-13)18-19-14(2)12-17(20-18)15-6-4-3-5-7-15/h3-12H,1-2H3. The third-order valence-electron chi connectivity index (χ3n) is 3.23. The van der Waals surface area contributed by atoms with Crippen LogP contribution in [0.1, 0.15) is 11.3 Å². The first-order valence-electron chi connectivity index (χ1n) is 6.70. The summed E-state index contributed by atoms with van der Waals surface area (Å²) < 4.78 is 0. The first kappa shape index (κ1) is 12.5. The summed E-state index contributed by atoms with van der Waals surface area (Å²) >= 11 is 0. The molecule has 0 aliphatic heterocycles. The minimum atomic E-state index is 0.781. The van der Waals surface area contributed by atoms with E-state index >= 15 is 0 Å². The lowest BCUT2D eigenvalue weighted by atomic mass is 10.1. The number of rotatable bonds is 2. The molecule has 3 rings (SSSR count). The summed E-state index contributed by atoms with van der Waals surface area (Å²) in [5.41, 5.74) is 5.36. The van der Waals surface area contributed by atoms with Crippen molar-refractivity contribution in [2.45, 2.75) is 13.8 Å². The van der Waals surface area contributed by atoms with Crippen molar-refractivity contribution in [3.05, 3.63) is 71.9 Å². The van der Waals surface area contributed by atoms with Gasteiger partial charge in [0.2, 0.25) is 0 Å². The highest BCUT2D eigenvalue weighted by Gasteiger charge is 2.06. The Hall–Kier alpha value is -2.48. The molecular formula is C18H16N2. The molecule has 0 fully saturated rings. The predicted molar refractivity (Wildman–Crippen MR) is 82.4 cm³/mol. The van der Waals surface area contributed by atoms with Crippen molar-refractivity contribution in [1.82, 2.24) is 9.97 Å². The van der Waals surface area contributed by atoms with E-state index in [4.69, 9.17) is 4.98 Å². The van der Waals surface area contributed by atoms with Gasteiger partial charge in [0.1, 0.15) is 0 Å². The maximum Gasteiger partial charge on any atom is 0.160 e. The molecule has 0 radical (unpaired) electrons. The SMILES string of the molecule is Cc1ccc(-c2nc(C)cc(-c3ccccc3)n2)cc1. The quantitative estimate of drug-likeness (QED) is 0.681. The molecule has 1 heterocycles. The molecule has 0 amide bonds. The van der Waals surface area contributed by atoms with Crippen LogP contribution in [0.4, 0.5) is 0 Å². The normalized spacial score (nSPS) is 10.5. The minimum Gasteiger partial charge on any atom is -0.233 e. The van der Waals surface area contributed by atoms with Crippen LogP contribution in [0.15, 0.2) is 60.7 Å². The first-order valence-corrected chi connectivity index (χ1v) is 6.70. The molecule has 20 heavy (non-hydrogen) atoms. The average molecular weight is 260 g/mol. The third-order valence-corrected chi connectivity index (χ3v) is 3.23. The van der Waals surface area contributed by atoms with Crippen LogP contribution in [0.3, 0.4) is 0 Å². The van der Waals surface area contributed by atoms with Crippen LogP contribution in [0.25, 0.3) is 22.6 Å². The molecule has 0 N–H and O–H groups in total. The maximum absolute atomic E-state index is 4.69. The van der Waals surface area contributed by atoms with E-state index in [-0.39, 0.29) is 0 Å². The number of benzene rings is 2. The summed E-state index contributed by atoms with van der Waals surface area (Å²) in [5, 5.41) is 0. The number of hydrogen-bond donors (Lipinski definition) is 0. The lowest BCUT2D eigenvalue weighted by molar-refractivity contribution is 1.11. The summed E-state index contributed by atoms with van der Waals surface area (Å²) in [6, 6.07) is 20.5. The molecule has 0 spiro atoms. The van der Waals surface area contributed by atoms with Crippen molar-refractivity contribution in [2.75, 3.05) is 0 Å². The number of aryl methyl sites for hydroxylation is 2. The van der Waals surface area contributed by atoms with Crippen molar-refractivity contribution in [3.8, 4) is 22.6 Å². The number of hydrogen-bond acceptors (Lipinski definition) is 2. The first-order chi connectivity index (χ1) is 9.72. The number of aromatic nitrogens is 2. The molecule has 2 nitrogen and oxygen atoms in total. The van der Waals surface area contributed by atoms with Crippen LogP contribution in [0.2, 0.25) is 0 Å². The van der Waals surface area contributed by atoms with Crippen molar-refractivity contribution in [1.29, 1.82) is 0 Å². The van der Waals surface area contributed by atoms with Crippen LogP contribution in [-0.4, -0.2) is 9.97 Å². The Morgan fingerprint density at radius 3 is 2.10 bits per heavy atom. The Bertz CT molecular complexity index is 716. The van der Waals surface area contributed by atoms with E-state index in [1.54, 1.807) is 0 Å². The van der Waals surface area contributed by atoms with E-state index in [2.05, 4.69) is 48.3 Å². The van der Waals surface area contributed by atoms with E-state index in [0.29, 0.717) is 0 Å². The van der Waals surface area contributed by atoms with Gasteiger partial charge in [-0.1, -0.05) is 60.2 Å². The molecule has 0 aliphatic rings. The molecule has 1 aromatic heterocycles. The third kappa shape index (κ3) is 2.59. The fraction of sp³-hybridized carbons (Fsp3) is 0.111.